The smallest absolute Gasteiger partial charge is 0.336 e. The van der Waals surface area contributed by atoms with Crippen molar-refractivity contribution < 1.29 is 9.90 Å². The number of benzene rings is 1. The van der Waals surface area contributed by atoms with Crippen molar-refractivity contribution in [2.75, 3.05) is 0 Å². The maximum Gasteiger partial charge on any atom is 0.336 e. The molecule has 2 aromatic rings. The molecule has 0 spiro atoms. The average molecular weight is 281 g/mol. The Kier molecular flexibility index (Phi) is 4.00. The van der Waals surface area contributed by atoms with Crippen LogP contribution in [0.3, 0.4) is 0 Å². The minimum atomic E-state index is -0.913. The molecular formula is C18H19NO2. The first-order chi connectivity index (χ1) is 10.3. The SMILES string of the molecule is O=C(O)c1ccncc1-c1ccc(C2CCCCC2)cc1. The summed E-state index contributed by atoms with van der Waals surface area (Å²) in [6.07, 6.45) is 9.67. The molecule has 1 aromatic heterocycles. The summed E-state index contributed by atoms with van der Waals surface area (Å²) < 4.78 is 0. The zero-order valence-corrected chi connectivity index (χ0v) is 12.0. The van der Waals surface area contributed by atoms with E-state index in [1.807, 2.05) is 12.1 Å². The van der Waals surface area contributed by atoms with Gasteiger partial charge >= 0.3 is 5.97 Å². The minimum Gasteiger partial charge on any atom is -0.478 e. The van der Waals surface area contributed by atoms with Gasteiger partial charge in [0.2, 0.25) is 0 Å². The van der Waals surface area contributed by atoms with Crippen molar-refractivity contribution in [1.82, 2.24) is 4.98 Å². The van der Waals surface area contributed by atoms with E-state index in [-0.39, 0.29) is 0 Å². The Morgan fingerprint density at radius 2 is 1.76 bits per heavy atom. The second-order valence-corrected chi connectivity index (χ2v) is 5.68. The van der Waals surface area contributed by atoms with Crippen molar-refractivity contribution in [3.05, 3.63) is 53.9 Å². The van der Waals surface area contributed by atoms with Crippen LogP contribution in [0.5, 0.6) is 0 Å². The van der Waals surface area contributed by atoms with E-state index in [1.54, 1.807) is 12.3 Å². The van der Waals surface area contributed by atoms with E-state index in [0.717, 1.165) is 5.56 Å². The lowest BCUT2D eigenvalue weighted by molar-refractivity contribution is 0.0697. The topological polar surface area (TPSA) is 50.2 Å². The predicted molar refractivity (Wildman–Crippen MR) is 82.5 cm³/mol. The van der Waals surface area contributed by atoms with Gasteiger partial charge in [-0.2, -0.15) is 0 Å². The van der Waals surface area contributed by atoms with Crippen LogP contribution >= 0.6 is 0 Å². The van der Waals surface area contributed by atoms with Gasteiger partial charge in [-0.1, -0.05) is 43.5 Å². The maximum atomic E-state index is 11.3. The van der Waals surface area contributed by atoms with Crippen LogP contribution < -0.4 is 0 Å². The van der Waals surface area contributed by atoms with Gasteiger partial charge in [-0.25, -0.2) is 4.79 Å². The van der Waals surface area contributed by atoms with Crippen molar-refractivity contribution in [3.8, 4) is 11.1 Å². The number of hydrogen-bond donors (Lipinski definition) is 1. The lowest BCUT2D eigenvalue weighted by atomic mass is 9.83. The fourth-order valence-electron chi connectivity index (χ4n) is 3.18. The molecule has 1 fully saturated rings. The van der Waals surface area contributed by atoms with E-state index in [4.69, 9.17) is 0 Å². The molecule has 1 aliphatic rings. The summed E-state index contributed by atoms with van der Waals surface area (Å²) in [5.41, 5.74) is 3.27. The summed E-state index contributed by atoms with van der Waals surface area (Å²) in [5, 5.41) is 9.26. The Hall–Kier alpha value is -2.16. The molecule has 21 heavy (non-hydrogen) atoms. The van der Waals surface area contributed by atoms with Crippen LogP contribution in [-0.4, -0.2) is 16.1 Å². The molecule has 0 saturated heterocycles. The minimum absolute atomic E-state index is 0.301. The Morgan fingerprint density at radius 3 is 2.43 bits per heavy atom. The first-order valence-electron chi connectivity index (χ1n) is 7.53. The van der Waals surface area contributed by atoms with E-state index < -0.39 is 5.97 Å². The van der Waals surface area contributed by atoms with Gasteiger partial charge < -0.3 is 5.11 Å². The lowest BCUT2D eigenvalue weighted by Crippen LogP contribution is -2.04. The van der Waals surface area contributed by atoms with Crippen molar-refractivity contribution in [2.24, 2.45) is 0 Å². The molecule has 0 unspecified atom stereocenters. The van der Waals surface area contributed by atoms with Gasteiger partial charge in [-0.3, -0.25) is 4.98 Å². The monoisotopic (exact) mass is 281 g/mol. The summed E-state index contributed by atoms with van der Waals surface area (Å²) in [5.74, 6) is -0.246. The normalized spacial score (nSPS) is 15.8. The highest BCUT2D eigenvalue weighted by Gasteiger charge is 2.16. The molecule has 0 amide bonds. The number of aromatic carboxylic acids is 1. The number of rotatable bonds is 3. The Balaban J connectivity index is 1.89. The van der Waals surface area contributed by atoms with Crippen molar-refractivity contribution in [2.45, 2.75) is 38.0 Å². The largest absolute Gasteiger partial charge is 0.478 e. The summed E-state index contributed by atoms with van der Waals surface area (Å²) in [4.78, 5) is 15.3. The maximum absolute atomic E-state index is 11.3. The third-order valence-electron chi connectivity index (χ3n) is 4.35. The van der Waals surface area contributed by atoms with Crippen LogP contribution in [0, 0.1) is 0 Å². The van der Waals surface area contributed by atoms with Gasteiger partial charge in [-0.15, -0.1) is 0 Å². The van der Waals surface area contributed by atoms with Crippen molar-refractivity contribution >= 4 is 5.97 Å². The Morgan fingerprint density at radius 1 is 1.05 bits per heavy atom. The van der Waals surface area contributed by atoms with Gasteiger partial charge in [0.05, 0.1) is 5.56 Å². The summed E-state index contributed by atoms with van der Waals surface area (Å²) in [6, 6.07) is 9.88. The molecule has 1 heterocycles. The molecule has 0 bridgehead atoms. The number of nitrogens with zero attached hydrogens (tertiary/aromatic N) is 1. The van der Waals surface area contributed by atoms with Gasteiger partial charge in [0, 0.05) is 18.0 Å². The zero-order chi connectivity index (χ0) is 14.7. The highest BCUT2D eigenvalue weighted by Crippen LogP contribution is 2.33. The van der Waals surface area contributed by atoms with Crippen LogP contribution in [-0.2, 0) is 0 Å². The summed E-state index contributed by atoms with van der Waals surface area (Å²) in [7, 11) is 0. The number of aromatic nitrogens is 1. The molecule has 1 aromatic carbocycles. The molecular weight excluding hydrogens is 262 g/mol. The quantitative estimate of drug-likeness (QED) is 0.901. The Bertz CT molecular complexity index is 628. The summed E-state index contributed by atoms with van der Waals surface area (Å²) >= 11 is 0. The van der Waals surface area contributed by atoms with Crippen LogP contribution in [0.25, 0.3) is 11.1 Å². The van der Waals surface area contributed by atoms with Gasteiger partial charge in [0.15, 0.2) is 0 Å². The molecule has 3 nitrogen and oxygen atoms in total. The van der Waals surface area contributed by atoms with E-state index >= 15 is 0 Å². The van der Waals surface area contributed by atoms with Crippen molar-refractivity contribution in [3.63, 3.8) is 0 Å². The first kappa shape index (κ1) is 13.8. The fraction of sp³-hybridized carbons (Fsp3) is 0.333. The first-order valence-corrected chi connectivity index (χ1v) is 7.53. The number of carbonyl (C=O) groups is 1. The highest BCUT2D eigenvalue weighted by molar-refractivity contribution is 5.95. The molecule has 1 N–H and O–H groups in total. The van der Waals surface area contributed by atoms with Gasteiger partial charge in [-0.05, 0) is 36.0 Å². The van der Waals surface area contributed by atoms with E-state index in [1.165, 1.54) is 43.9 Å². The second-order valence-electron chi connectivity index (χ2n) is 5.68. The third kappa shape index (κ3) is 2.97. The molecule has 3 rings (SSSR count). The predicted octanol–water partition coefficient (Wildman–Crippen LogP) is 4.49. The lowest BCUT2D eigenvalue weighted by Gasteiger charge is -2.22. The highest BCUT2D eigenvalue weighted by atomic mass is 16.4. The molecule has 108 valence electrons. The van der Waals surface area contributed by atoms with Crippen LogP contribution in [0.4, 0.5) is 0 Å². The van der Waals surface area contributed by atoms with Gasteiger partial charge in [0.1, 0.15) is 0 Å². The number of carboxylic acid groups (broad SMARTS) is 1. The second kappa shape index (κ2) is 6.08. The van der Waals surface area contributed by atoms with Crippen LogP contribution in [0.15, 0.2) is 42.7 Å². The molecule has 0 aliphatic heterocycles. The standard InChI is InChI=1S/C18H19NO2/c20-18(21)16-10-11-19-12-17(16)15-8-6-14(7-9-15)13-4-2-1-3-5-13/h6-13H,1-5H2,(H,20,21). The van der Waals surface area contributed by atoms with Gasteiger partial charge in [0.25, 0.3) is 0 Å². The van der Waals surface area contributed by atoms with E-state index in [2.05, 4.69) is 17.1 Å². The summed E-state index contributed by atoms with van der Waals surface area (Å²) in [6.45, 7) is 0. The van der Waals surface area contributed by atoms with Crippen LogP contribution in [0.2, 0.25) is 0 Å². The molecule has 1 aliphatic carbocycles. The number of pyridine rings is 1. The fourth-order valence-corrected chi connectivity index (χ4v) is 3.18. The van der Waals surface area contributed by atoms with Crippen LogP contribution in [0.1, 0.15) is 53.9 Å². The molecule has 3 heteroatoms. The molecule has 0 atom stereocenters. The number of hydrogen-bond acceptors (Lipinski definition) is 2. The Labute approximate surface area is 124 Å². The average Bonchev–Trinajstić information content (AvgIpc) is 2.56. The zero-order valence-electron chi connectivity index (χ0n) is 12.0. The van der Waals surface area contributed by atoms with Crippen molar-refractivity contribution in [1.29, 1.82) is 0 Å². The molecule has 1 saturated carbocycles. The number of carboxylic acids is 1. The third-order valence-corrected chi connectivity index (χ3v) is 4.35. The molecule has 0 radical (unpaired) electrons. The van der Waals surface area contributed by atoms with E-state index in [0.29, 0.717) is 17.0 Å². The van der Waals surface area contributed by atoms with E-state index in [9.17, 15) is 9.90 Å².